The van der Waals surface area contributed by atoms with Gasteiger partial charge in [0.1, 0.15) is 17.0 Å². The van der Waals surface area contributed by atoms with E-state index >= 15 is 4.39 Å². The van der Waals surface area contributed by atoms with Crippen molar-refractivity contribution in [3.05, 3.63) is 27.7 Å². The molecule has 0 bridgehead atoms. The number of aromatic nitrogens is 1. The van der Waals surface area contributed by atoms with E-state index in [1.165, 1.54) is 24.9 Å². The van der Waals surface area contributed by atoms with Crippen LogP contribution in [0.3, 0.4) is 0 Å². The van der Waals surface area contributed by atoms with Crippen LogP contribution >= 0.6 is 11.8 Å². The van der Waals surface area contributed by atoms with Crippen LogP contribution in [0.5, 0.6) is 5.75 Å². The maximum atomic E-state index is 15.5. The van der Waals surface area contributed by atoms with Crippen LogP contribution in [-0.4, -0.2) is 40.7 Å². The number of methoxy groups -OCH3 is 1. The monoisotopic (exact) mass is 458 g/mol. The van der Waals surface area contributed by atoms with E-state index < -0.39 is 22.6 Å². The van der Waals surface area contributed by atoms with E-state index in [1.807, 2.05) is 23.3 Å². The van der Waals surface area contributed by atoms with Crippen molar-refractivity contribution in [1.29, 1.82) is 5.26 Å². The Morgan fingerprint density at radius 1 is 1.38 bits per heavy atom. The van der Waals surface area contributed by atoms with Gasteiger partial charge in [-0.1, -0.05) is 11.8 Å². The minimum absolute atomic E-state index is 0.130. The summed E-state index contributed by atoms with van der Waals surface area (Å²) in [5.74, 6) is 0.00834. The van der Waals surface area contributed by atoms with Crippen molar-refractivity contribution in [2.75, 3.05) is 25.1 Å². The molecule has 1 saturated heterocycles. The lowest BCUT2D eigenvalue weighted by Crippen LogP contribution is -2.42. The van der Waals surface area contributed by atoms with Crippen LogP contribution in [0.15, 0.2) is 15.9 Å². The number of aliphatic hydroxyl groups is 1. The minimum Gasteiger partial charge on any atom is -0.492 e. The van der Waals surface area contributed by atoms with Crippen molar-refractivity contribution < 1.29 is 14.2 Å². The van der Waals surface area contributed by atoms with Gasteiger partial charge in [0.05, 0.1) is 34.7 Å². The SMILES string of the molecule is COc1c(N2CCC(C(C)(C)N)C2)c(F)cc2c(=O)c3c(n(C4CC4)c12)SC(C#N)C3O. The van der Waals surface area contributed by atoms with Crippen LogP contribution in [0.1, 0.15) is 50.8 Å². The Bertz CT molecular complexity index is 1210. The molecule has 1 aliphatic carbocycles. The van der Waals surface area contributed by atoms with Crippen LogP contribution in [0, 0.1) is 23.1 Å². The van der Waals surface area contributed by atoms with Crippen molar-refractivity contribution in [3.8, 4) is 11.8 Å². The first-order valence-electron chi connectivity index (χ1n) is 10.9. The van der Waals surface area contributed by atoms with E-state index in [-0.39, 0.29) is 28.4 Å². The number of rotatable bonds is 4. The molecule has 2 aliphatic heterocycles. The molecule has 0 spiro atoms. The van der Waals surface area contributed by atoms with Gasteiger partial charge in [-0.25, -0.2) is 4.39 Å². The summed E-state index contributed by atoms with van der Waals surface area (Å²) in [6.07, 6.45) is 1.49. The van der Waals surface area contributed by atoms with E-state index in [0.717, 1.165) is 19.3 Å². The molecule has 170 valence electrons. The van der Waals surface area contributed by atoms with Crippen molar-refractivity contribution in [2.24, 2.45) is 11.7 Å². The molecule has 3 heterocycles. The Balaban J connectivity index is 1.77. The van der Waals surface area contributed by atoms with Crippen molar-refractivity contribution in [2.45, 2.75) is 61.1 Å². The molecule has 3 aliphatic rings. The third-order valence-corrected chi connectivity index (χ3v) is 8.24. The Kier molecular flexibility index (Phi) is 4.97. The second-order valence-electron chi connectivity index (χ2n) is 9.65. The smallest absolute Gasteiger partial charge is 0.196 e. The summed E-state index contributed by atoms with van der Waals surface area (Å²) in [4.78, 5) is 15.3. The van der Waals surface area contributed by atoms with Gasteiger partial charge in [0.2, 0.25) is 0 Å². The lowest BCUT2D eigenvalue weighted by Gasteiger charge is -2.29. The van der Waals surface area contributed by atoms with Gasteiger partial charge in [-0.15, -0.1) is 0 Å². The molecule has 1 aromatic carbocycles. The van der Waals surface area contributed by atoms with Gasteiger partial charge in [-0.3, -0.25) is 4.79 Å². The zero-order valence-corrected chi connectivity index (χ0v) is 19.2. The number of ether oxygens (including phenoxy) is 1. The van der Waals surface area contributed by atoms with E-state index in [2.05, 4.69) is 6.07 Å². The number of nitriles is 1. The molecule has 3 N–H and O–H groups in total. The standard InChI is InChI=1S/C23H27FN4O3S/c1-23(2,26)11-6-7-27(10-11)18-14(24)8-13-17(21(18)31-3)28(12-4-5-12)22-16(19(13)29)20(30)15(9-25)32-22/h8,11-12,15,20,30H,4-7,10,26H2,1-3H3. The predicted octanol–water partition coefficient (Wildman–Crippen LogP) is 3.08. The fourth-order valence-electron chi connectivity index (χ4n) is 5.05. The first-order valence-corrected chi connectivity index (χ1v) is 11.8. The van der Waals surface area contributed by atoms with Crippen LogP contribution < -0.4 is 20.8 Å². The normalized spacial score (nSPS) is 25.3. The van der Waals surface area contributed by atoms with E-state index in [4.69, 9.17) is 10.5 Å². The number of anilines is 1. The molecule has 0 amide bonds. The molecule has 3 atom stereocenters. The van der Waals surface area contributed by atoms with E-state index in [1.54, 1.807) is 0 Å². The maximum absolute atomic E-state index is 15.5. The molecule has 1 aromatic heterocycles. The molecule has 9 heteroatoms. The van der Waals surface area contributed by atoms with Gasteiger partial charge in [-0.2, -0.15) is 5.26 Å². The van der Waals surface area contributed by atoms with Crippen molar-refractivity contribution >= 4 is 28.4 Å². The molecule has 2 aromatic rings. The molecule has 7 nitrogen and oxygen atoms in total. The summed E-state index contributed by atoms with van der Waals surface area (Å²) >= 11 is 1.21. The van der Waals surface area contributed by atoms with Gasteiger partial charge in [-0.05, 0) is 45.1 Å². The molecular formula is C23H27FN4O3S. The Hall–Kier alpha value is -2.28. The first kappa shape index (κ1) is 21.6. The minimum atomic E-state index is -1.19. The zero-order chi connectivity index (χ0) is 22.9. The van der Waals surface area contributed by atoms with Crippen molar-refractivity contribution in [3.63, 3.8) is 0 Å². The van der Waals surface area contributed by atoms with Crippen LogP contribution in [0.25, 0.3) is 10.9 Å². The van der Waals surface area contributed by atoms with Crippen molar-refractivity contribution in [1.82, 2.24) is 4.57 Å². The topological polar surface area (TPSA) is 105 Å². The highest BCUT2D eigenvalue weighted by molar-refractivity contribution is 8.00. The van der Waals surface area contributed by atoms with Gasteiger partial charge in [0, 0.05) is 24.7 Å². The second-order valence-corrected chi connectivity index (χ2v) is 10.8. The lowest BCUT2D eigenvalue weighted by molar-refractivity contribution is 0.188. The molecule has 32 heavy (non-hydrogen) atoms. The average Bonchev–Trinajstić information content (AvgIpc) is 3.34. The fraction of sp³-hybridized carbons (Fsp3) is 0.565. The third-order valence-electron chi connectivity index (χ3n) is 6.98. The largest absolute Gasteiger partial charge is 0.492 e. The molecule has 1 saturated carbocycles. The summed E-state index contributed by atoms with van der Waals surface area (Å²) in [7, 11) is 1.49. The number of pyridine rings is 1. The summed E-state index contributed by atoms with van der Waals surface area (Å²) in [5.41, 5.74) is 6.59. The van der Waals surface area contributed by atoms with Gasteiger partial charge in [0.25, 0.3) is 0 Å². The Labute approximate surface area is 189 Å². The second kappa shape index (κ2) is 7.37. The number of thioether (sulfide) groups is 1. The number of aliphatic hydroxyl groups excluding tert-OH is 1. The average molecular weight is 459 g/mol. The van der Waals surface area contributed by atoms with Crippen LogP contribution in [-0.2, 0) is 0 Å². The first-order chi connectivity index (χ1) is 15.2. The Morgan fingerprint density at radius 2 is 2.09 bits per heavy atom. The van der Waals surface area contributed by atoms with E-state index in [9.17, 15) is 15.2 Å². The summed E-state index contributed by atoms with van der Waals surface area (Å²) in [6.45, 7) is 5.21. The number of halogens is 1. The summed E-state index contributed by atoms with van der Waals surface area (Å²) in [6, 6.07) is 3.48. The zero-order valence-electron chi connectivity index (χ0n) is 18.4. The van der Waals surface area contributed by atoms with Gasteiger partial charge in [0.15, 0.2) is 17.0 Å². The molecule has 2 fully saturated rings. The van der Waals surface area contributed by atoms with Gasteiger partial charge < -0.3 is 25.0 Å². The highest BCUT2D eigenvalue weighted by atomic mass is 32.2. The number of fused-ring (bicyclic) bond motifs is 2. The van der Waals surface area contributed by atoms with E-state index in [0.29, 0.717) is 35.1 Å². The fourth-order valence-corrected chi connectivity index (χ4v) is 6.30. The van der Waals surface area contributed by atoms with Gasteiger partial charge >= 0.3 is 0 Å². The quantitative estimate of drug-likeness (QED) is 0.725. The number of hydrogen-bond donors (Lipinski definition) is 2. The molecule has 5 rings (SSSR count). The highest BCUT2D eigenvalue weighted by Gasteiger charge is 2.42. The lowest BCUT2D eigenvalue weighted by atomic mass is 9.88. The molecular weight excluding hydrogens is 431 g/mol. The Morgan fingerprint density at radius 3 is 2.66 bits per heavy atom. The summed E-state index contributed by atoms with van der Waals surface area (Å²) in [5, 5.41) is 20.1. The number of hydrogen-bond acceptors (Lipinski definition) is 7. The number of nitrogens with zero attached hydrogens (tertiary/aromatic N) is 3. The van der Waals surface area contributed by atoms with Crippen LogP contribution in [0.4, 0.5) is 10.1 Å². The van der Waals surface area contributed by atoms with Crippen LogP contribution in [0.2, 0.25) is 0 Å². The number of benzene rings is 1. The molecule has 3 unspecified atom stereocenters. The predicted molar refractivity (Wildman–Crippen MR) is 122 cm³/mol. The highest BCUT2D eigenvalue weighted by Crippen LogP contribution is 2.51. The number of nitrogens with two attached hydrogens (primary N) is 1. The maximum Gasteiger partial charge on any atom is 0.196 e. The molecule has 0 radical (unpaired) electrons. The summed E-state index contributed by atoms with van der Waals surface area (Å²) < 4.78 is 23.3. The third kappa shape index (κ3) is 3.11.